The van der Waals surface area contributed by atoms with Crippen molar-refractivity contribution in [3.63, 3.8) is 0 Å². The number of hydrogen-bond donors (Lipinski definition) is 0. The molecule has 4 aromatic rings. The Balaban J connectivity index is 1.72. The summed E-state index contributed by atoms with van der Waals surface area (Å²) in [5, 5.41) is 0.686. The molecule has 2 aromatic carbocycles. The van der Waals surface area contributed by atoms with E-state index in [9.17, 15) is 4.79 Å². The van der Waals surface area contributed by atoms with Gasteiger partial charge in [-0.15, -0.1) is 0 Å². The van der Waals surface area contributed by atoms with Gasteiger partial charge in [0.1, 0.15) is 0 Å². The van der Waals surface area contributed by atoms with Crippen LogP contribution in [0.4, 0.5) is 5.13 Å². The van der Waals surface area contributed by atoms with E-state index in [1.165, 1.54) is 5.56 Å². The normalized spacial score (nSPS) is 11.2. The van der Waals surface area contributed by atoms with E-state index in [0.717, 1.165) is 27.0 Å². The van der Waals surface area contributed by atoms with Crippen LogP contribution < -0.4 is 4.90 Å². The second-order valence-electron chi connectivity index (χ2n) is 6.86. The monoisotopic (exact) mass is 399 g/mol. The van der Waals surface area contributed by atoms with E-state index in [1.54, 1.807) is 28.5 Å². The molecule has 4 rings (SSSR count). The van der Waals surface area contributed by atoms with Gasteiger partial charge in [-0.2, -0.15) is 0 Å². The fourth-order valence-corrected chi connectivity index (χ4v) is 4.20. The van der Waals surface area contributed by atoms with Gasteiger partial charge in [-0.1, -0.05) is 59.9 Å². The Labute approximate surface area is 174 Å². The zero-order valence-corrected chi connectivity index (χ0v) is 17.2. The van der Waals surface area contributed by atoms with E-state index in [2.05, 4.69) is 24.0 Å². The average Bonchev–Trinajstić information content (AvgIpc) is 3.21. The van der Waals surface area contributed by atoms with Gasteiger partial charge in [-0.25, -0.2) is 4.98 Å². The Morgan fingerprint density at radius 1 is 1.00 bits per heavy atom. The summed E-state index contributed by atoms with van der Waals surface area (Å²) in [6.07, 6.45) is 5.17. The highest BCUT2D eigenvalue weighted by atomic mass is 32.1. The van der Waals surface area contributed by atoms with E-state index >= 15 is 0 Å². The van der Waals surface area contributed by atoms with E-state index in [0.29, 0.717) is 11.7 Å². The second-order valence-corrected chi connectivity index (χ2v) is 7.84. The van der Waals surface area contributed by atoms with Gasteiger partial charge in [0.15, 0.2) is 5.13 Å². The van der Waals surface area contributed by atoms with Crippen molar-refractivity contribution in [3.8, 4) is 0 Å². The molecular weight excluding hydrogens is 378 g/mol. The van der Waals surface area contributed by atoms with Crippen LogP contribution in [0.3, 0.4) is 0 Å². The van der Waals surface area contributed by atoms with Gasteiger partial charge in [0.2, 0.25) is 0 Å². The molecule has 1 amide bonds. The second kappa shape index (κ2) is 8.37. The number of rotatable bonds is 5. The molecule has 0 radical (unpaired) electrons. The number of hydrogen-bond acceptors (Lipinski definition) is 4. The third-order valence-electron chi connectivity index (χ3n) is 4.69. The Morgan fingerprint density at radius 3 is 2.48 bits per heavy atom. The van der Waals surface area contributed by atoms with Crippen molar-refractivity contribution in [2.75, 3.05) is 4.90 Å². The number of carbonyl (C=O) groups is 1. The first kappa shape index (κ1) is 19.0. The van der Waals surface area contributed by atoms with E-state index < -0.39 is 0 Å². The molecule has 0 unspecified atom stereocenters. The van der Waals surface area contributed by atoms with Crippen LogP contribution in [0.1, 0.15) is 22.4 Å². The number of benzene rings is 2. The molecule has 29 heavy (non-hydrogen) atoms. The number of anilines is 1. The zero-order valence-electron chi connectivity index (χ0n) is 16.4. The highest BCUT2D eigenvalue weighted by Gasteiger charge is 2.20. The number of carbonyl (C=O) groups excluding carboxylic acids is 1. The summed E-state index contributed by atoms with van der Waals surface area (Å²) in [4.78, 5) is 24.0. The molecule has 0 fully saturated rings. The summed E-state index contributed by atoms with van der Waals surface area (Å²) in [5.74, 6) is -0.117. The summed E-state index contributed by atoms with van der Waals surface area (Å²) in [6, 6.07) is 19.7. The first-order chi connectivity index (χ1) is 14.1. The number of pyridine rings is 1. The standard InChI is InChI=1S/C24H21N3OS/c1-17-11-12-18(2)23-22(17)26-24(29-23)27(16-20-10-6-7-15-25-20)21(28)14-13-19-8-4-3-5-9-19/h3-15H,16H2,1-2H3. The highest BCUT2D eigenvalue weighted by molar-refractivity contribution is 7.22. The molecule has 2 heterocycles. The minimum Gasteiger partial charge on any atom is -0.278 e. The molecule has 0 aliphatic carbocycles. The summed E-state index contributed by atoms with van der Waals surface area (Å²) >= 11 is 1.55. The molecule has 5 heteroatoms. The maximum Gasteiger partial charge on any atom is 0.253 e. The fraction of sp³-hybridized carbons (Fsp3) is 0.125. The van der Waals surface area contributed by atoms with Crippen LogP contribution in [0, 0.1) is 13.8 Å². The molecule has 0 saturated carbocycles. The van der Waals surface area contributed by atoms with Crippen molar-refractivity contribution in [2.45, 2.75) is 20.4 Å². The molecule has 4 nitrogen and oxygen atoms in total. The largest absolute Gasteiger partial charge is 0.278 e. The van der Waals surface area contributed by atoms with Gasteiger partial charge >= 0.3 is 0 Å². The van der Waals surface area contributed by atoms with Crippen molar-refractivity contribution in [3.05, 3.63) is 95.3 Å². The molecule has 0 aliphatic rings. The Bertz CT molecular complexity index is 1130. The maximum atomic E-state index is 13.1. The summed E-state index contributed by atoms with van der Waals surface area (Å²) in [5.41, 5.74) is 5.03. The van der Waals surface area contributed by atoms with Crippen LogP contribution in [-0.4, -0.2) is 15.9 Å². The van der Waals surface area contributed by atoms with Crippen molar-refractivity contribution in [1.82, 2.24) is 9.97 Å². The smallest absolute Gasteiger partial charge is 0.253 e. The van der Waals surface area contributed by atoms with Crippen LogP contribution in [0.15, 0.2) is 72.9 Å². The van der Waals surface area contributed by atoms with Gasteiger partial charge in [0, 0.05) is 12.3 Å². The number of nitrogens with zero attached hydrogens (tertiary/aromatic N) is 3. The van der Waals surface area contributed by atoms with Gasteiger partial charge < -0.3 is 0 Å². The molecule has 0 N–H and O–H groups in total. The van der Waals surface area contributed by atoms with Crippen LogP contribution in [0.2, 0.25) is 0 Å². The Kier molecular flexibility index (Phi) is 5.49. The summed E-state index contributed by atoms with van der Waals surface area (Å²) in [7, 11) is 0. The first-order valence-corrected chi connectivity index (χ1v) is 10.2. The third kappa shape index (κ3) is 4.25. The van der Waals surface area contributed by atoms with Crippen molar-refractivity contribution < 1.29 is 4.79 Å². The minimum absolute atomic E-state index is 0.117. The van der Waals surface area contributed by atoms with Gasteiger partial charge in [0.25, 0.3) is 5.91 Å². The van der Waals surface area contributed by atoms with Crippen LogP contribution in [0.25, 0.3) is 16.3 Å². The molecular formula is C24H21N3OS. The van der Waals surface area contributed by atoms with Crippen molar-refractivity contribution in [2.24, 2.45) is 0 Å². The van der Waals surface area contributed by atoms with Crippen LogP contribution >= 0.6 is 11.3 Å². The lowest BCUT2D eigenvalue weighted by atomic mass is 10.1. The third-order valence-corrected chi connectivity index (χ3v) is 5.91. The van der Waals surface area contributed by atoms with Crippen LogP contribution in [0.5, 0.6) is 0 Å². The molecule has 0 saturated heterocycles. The summed E-state index contributed by atoms with van der Waals surface area (Å²) < 4.78 is 1.12. The molecule has 144 valence electrons. The average molecular weight is 400 g/mol. The lowest BCUT2D eigenvalue weighted by Crippen LogP contribution is -2.29. The minimum atomic E-state index is -0.117. The van der Waals surface area contributed by atoms with Gasteiger partial charge in [-0.05, 0) is 48.7 Å². The molecule has 0 atom stereocenters. The number of fused-ring (bicyclic) bond motifs is 1. The van der Waals surface area contributed by atoms with E-state index in [1.807, 2.05) is 61.5 Å². The van der Waals surface area contributed by atoms with E-state index in [-0.39, 0.29) is 5.91 Å². The molecule has 0 aliphatic heterocycles. The predicted octanol–water partition coefficient (Wildman–Crippen LogP) is 5.55. The van der Waals surface area contributed by atoms with Gasteiger partial charge in [-0.3, -0.25) is 14.7 Å². The zero-order chi connectivity index (χ0) is 20.2. The topological polar surface area (TPSA) is 46.1 Å². The van der Waals surface area contributed by atoms with Gasteiger partial charge in [0.05, 0.1) is 22.5 Å². The molecule has 0 bridgehead atoms. The number of aromatic nitrogens is 2. The van der Waals surface area contributed by atoms with Crippen LogP contribution in [-0.2, 0) is 11.3 Å². The molecule has 0 spiro atoms. The fourth-order valence-electron chi connectivity index (χ4n) is 3.08. The maximum absolute atomic E-state index is 13.1. The van der Waals surface area contributed by atoms with Crippen molar-refractivity contribution >= 4 is 38.7 Å². The molecule has 2 aromatic heterocycles. The Hall–Kier alpha value is -3.31. The lowest BCUT2D eigenvalue weighted by molar-refractivity contribution is -0.114. The number of amides is 1. The first-order valence-electron chi connectivity index (χ1n) is 9.43. The number of thiazole rings is 1. The Morgan fingerprint density at radius 2 is 1.76 bits per heavy atom. The predicted molar refractivity (Wildman–Crippen MR) is 120 cm³/mol. The summed E-state index contributed by atoms with van der Waals surface area (Å²) in [6.45, 7) is 4.49. The number of aryl methyl sites for hydroxylation is 2. The quantitative estimate of drug-likeness (QED) is 0.413. The highest BCUT2D eigenvalue weighted by Crippen LogP contribution is 2.33. The van der Waals surface area contributed by atoms with E-state index in [4.69, 9.17) is 4.98 Å². The lowest BCUT2D eigenvalue weighted by Gasteiger charge is -2.17. The van der Waals surface area contributed by atoms with Crippen molar-refractivity contribution in [1.29, 1.82) is 0 Å². The SMILES string of the molecule is Cc1ccc(C)c2sc(N(Cc3ccccn3)C(=O)C=Cc3ccccc3)nc12.